The zero-order valence-electron chi connectivity index (χ0n) is 11.0. The number of halogens is 1. The van der Waals surface area contributed by atoms with E-state index in [4.69, 9.17) is 4.74 Å². The normalized spacial score (nSPS) is 10.3. The highest BCUT2D eigenvalue weighted by atomic mass is 79.9. The van der Waals surface area contributed by atoms with Crippen molar-refractivity contribution in [3.63, 3.8) is 0 Å². The average Bonchev–Trinajstić information content (AvgIpc) is 2.45. The number of ether oxygens (including phenoxy) is 1. The van der Waals surface area contributed by atoms with Crippen molar-refractivity contribution in [2.45, 2.75) is 13.3 Å². The van der Waals surface area contributed by atoms with Gasteiger partial charge >= 0.3 is 0 Å². The van der Waals surface area contributed by atoms with Crippen LogP contribution in [0.15, 0.2) is 34.9 Å². The van der Waals surface area contributed by atoms with Crippen molar-refractivity contribution in [2.75, 3.05) is 19.0 Å². The number of nitrogens with zero attached hydrogens (tertiary/aromatic N) is 2. The summed E-state index contributed by atoms with van der Waals surface area (Å²) in [5.74, 6) is 2.34. The summed E-state index contributed by atoms with van der Waals surface area (Å²) in [6.45, 7) is 3.03. The molecule has 0 spiro atoms. The molecule has 0 aliphatic rings. The second-order valence-corrected chi connectivity index (χ2v) is 4.90. The number of benzene rings is 1. The van der Waals surface area contributed by atoms with E-state index in [9.17, 15) is 0 Å². The minimum absolute atomic E-state index is 0.699. The lowest BCUT2D eigenvalue weighted by molar-refractivity contribution is 0.412. The SMILES string of the molecule is CCCNc1ccnc(-c2ccc(OC)c(Br)c2)n1. The van der Waals surface area contributed by atoms with E-state index >= 15 is 0 Å². The number of nitrogens with one attached hydrogen (secondary N) is 1. The Kier molecular flexibility index (Phi) is 4.74. The van der Waals surface area contributed by atoms with Crippen LogP contribution in [0, 0.1) is 0 Å². The molecular formula is C14H16BrN3O. The maximum atomic E-state index is 5.21. The number of methoxy groups -OCH3 is 1. The fraction of sp³-hybridized carbons (Fsp3) is 0.286. The number of hydrogen-bond donors (Lipinski definition) is 1. The van der Waals surface area contributed by atoms with Gasteiger partial charge in [0, 0.05) is 18.3 Å². The van der Waals surface area contributed by atoms with Crippen LogP contribution in [0.2, 0.25) is 0 Å². The van der Waals surface area contributed by atoms with Crippen LogP contribution in [0.4, 0.5) is 5.82 Å². The topological polar surface area (TPSA) is 47.0 Å². The molecule has 4 nitrogen and oxygen atoms in total. The molecule has 0 saturated carbocycles. The Balaban J connectivity index is 2.28. The van der Waals surface area contributed by atoms with Crippen molar-refractivity contribution < 1.29 is 4.74 Å². The van der Waals surface area contributed by atoms with Crippen LogP contribution < -0.4 is 10.1 Å². The molecule has 1 aromatic carbocycles. The van der Waals surface area contributed by atoms with Crippen LogP contribution in [0.3, 0.4) is 0 Å². The molecule has 1 heterocycles. The van der Waals surface area contributed by atoms with Crippen molar-refractivity contribution in [2.24, 2.45) is 0 Å². The van der Waals surface area contributed by atoms with Gasteiger partial charge in [0.2, 0.25) is 0 Å². The largest absolute Gasteiger partial charge is 0.496 e. The third-order valence-electron chi connectivity index (χ3n) is 2.62. The highest BCUT2D eigenvalue weighted by molar-refractivity contribution is 9.10. The second kappa shape index (κ2) is 6.52. The Bertz CT molecular complexity index is 560. The molecule has 0 atom stereocenters. The molecule has 0 saturated heterocycles. The predicted octanol–water partition coefficient (Wildman–Crippen LogP) is 3.74. The molecule has 100 valence electrons. The van der Waals surface area contributed by atoms with Gasteiger partial charge < -0.3 is 10.1 Å². The summed E-state index contributed by atoms with van der Waals surface area (Å²) < 4.78 is 6.10. The summed E-state index contributed by atoms with van der Waals surface area (Å²) in [6, 6.07) is 7.67. The standard InChI is InChI=1S/C14H16BrN3O/c1-3-7-16-13-6-8-17-14(18-13)10-4-5-12(19-2)11(15)9-10/h4-6,8-9H,3,7H2,1-2H3,(H,16,17,18). The van der Waals surface area contributed by atoms with Crippen LogP contribution in [0.5, 0.6) is 5.75 Å². The van der Waals surface area contributed by atoms with Gasteiger partial charge in [-0.05, 0) is 46.6 Å². The molecule has 0 aliphatic carbocycles. The van der Waals surface area contributed by atoms with Gasteiger partial charge in [0.05, 0.1) is 11.6 Å². The minimum Gasteiger partial charge on any atom is -0.496 e. The molecule has 0 bridgehead atoms. The van der Waals surface area contributed by atoms with Gasteiger partial charge in [0.1, 0.15) is 11.6 Å². The molecule has 2 aromatic rings. The van der Waals surface area contributed by atoms with Gasteiger partial charge in [-0.1, -0.05) is 6.92 Å². The van der Waals surface area contributed by atoms with Crippen molar-refractivity contribution in [1.29, 1.82) is 0 Å². The van der Waals surface area contributed by atoms with Gasteiger partial charge in [0.25, 0.3) is 0 Å². The minimum atomic E-state index is 0.699. The first kappa shape index (κ1) is 13.8. The van der Waals surface area contributed by atoms with E-state index in [2.05, 4.69) is 38.1 Å². The van der Waals surface area contributed by atoms with E-state index in [1.165, 1.54) is 0 Å². The summed E-state index contributed by atoms with van der Waals surface area (Å²) >= 11 is 3.47. The lowest BCUT2D eigenvalue weighted by Gasteiger charge is -2.07. The number of hydrogen-bond acceptors (Lipinski definition) is 4. The highest BCUT2D eigenvalue weighted by Gasteiger charge is 2.06. The van der Waals surface area contributed by atoms with Crippen LogP contribution in [0.25, 0.3) is 11.4 Å². The molecular weight excluding hydrogens is 306 g/mol. The summed E-state index contributed by atoms with van der Waals surface area (Å²) in [5.41, 5.74) is 0.952. The molecule has 0 radical (unpaired) electrons. The summed E-state index contributed by atoms with van der Waals surface area (Å²) in [4.78, 5) is 8.79. The fourth-order valence-electron chi connectivity index (χ4n) is 1.65. The zero-order chi connectivity index (χ0) is 13.7. The van der Waals surface area contributed by atoms with Crippen molar-refractivity contribution in [1.82, 2.24) is 9.97 Å². The van der Waals surface area contributed by atoms with Crippen LogP contribution in [-0.4, -0.2) is 23.6 Å². The third kappa shape index (κ3) is 3.44. The lowest BCUT2D eigenvalue weighted by Crippen LogP contribution is -2.03. The molecule has 1 aromatic heterocycles. The Labute approximate surface area is 121 Å². The first-order valence-corrected chi connectivity index (χ1v) is 6.94. The molecule has 0 amide bonds. The average molecular weight is 322 g/mol. The Morgan fingerprint density at radius 1 is 1.32 bits per heavy atom. The molecule has 1 N–H and O–H groups in total. The van der Waals surface area contributed by atoms with E-state index in [1.54, 1.807) is 13.3 Å². The molecule has 0 fully saturated rings. The van der Waals surface area contributed by atoms with Crippen LogP contribution in [-0.2, 0) is 0 Å². The maximum Gasteiger partial charge on any atom is 0.161 e. The fourth-order valence-corrected chi connectivity index (χ4v) is 2.20. The molecule has 5 heteroatoms. The van der Waals surface area contributed by atoms with Gasteiger partial charge in [-0.3, -0.25) is 0 Å². The number of aromatic nitrogens is 2. The first-order valence-electron chi connectivity index (χ1n) is 6.15. The number of anilines is 1. The third-order valence-corrected chi connectivity index (χ3v) is 3.24. The molecule has 0 aliphatic heterocycles. The Morgan fingerprint density at radius 3 is 2.84 bits per heavy atom. The molecule has 0 unspecified atom stereocenters. The smallest absolute Gasteiger partial charge is 0.161 e. The summed E-state index contributed by atoms with van der Waals surface area (Å²) in [5, 5.41) is 3.25. The number of rotatable bonds is 5. The predicted molar refractivity (Wildman–Crippen MR) is 80.5 cm³/mol. The summed E-state index contributed by atoms with van der Waals surface area (Å²) in [6.07, 6.45) is 2.83. The van der Waals surface area contributed by atoms with Gasteiger partial charge in [0.15, 0.2) is 5.82 Å². The second-order valence-electron chi connectivity index (χ2n) is 4.04. The van der Waals surface area contributed by atoms with Gasteiger partial charge in [-0.15, -0.1) is 0 Å². The van der Waals surface area contributed by atoms with Crippen molar-refractivity contribution in [3.8, 4) is 17.1 Å². The van der Waals surface area contributed by atoms with Crippen LogP contribution >= 0.6 is 15.9 Å². The van der Waals surface area contributed by atoms with Gasteiger partial charge in [-0.25, -0.2) is 9.97 Å². The molecule has 19 heavy (non-hydrogen) atoms. The Morgan fingerprint density at radius 2 is 2.16 bits per heavy atom. The Hall–Kier alpha value is -1.62. The summed E-state index contributed by atoms with van der Waals surface area (Å²) in [7, 11) is 1.64. The monoisotopic (exact) mass is 321 g/mol. The molecule has 2 rings (SSSR count). The van der Waals surface area contributed by atoms with E-state index in [0.29, 0.717) is 5.82 Å². The lowest BCUT2D eigenvalue weighted by atomic mass is 10.2. The van der Waals surface area contributed by atoms with Gasteiger partial charge in [-0.2, -0.15) is 0 Å². The van der Waals surface area contributed by atoms with Crippen LogP contribution in [0.1, 0.15) is 13.3 Å². The highest BCUT2D eigenvalue weighted by Crippen LogP contribution is 2.29. The quantitative estimate of drug-likeness (QED) is 0.911. The maximum absolute atomic E-state index is 5.21. The van der Waals surface area contributed by atoms with Crippen molar-refractivity contribution in [3.05, 3.63) is 34.9 Å². The zero-order valence-corrected chi connectivity index (χ0v) is 12.6. The van der Waals surface area contributed by atoms with E-state index in [-0.39, 0.29) is 0 Å². The van der Waals surface area contributed by atoms with Crippen molar-refractivity contribution >= 4 is 21.7 Å². The van der Waals surface area contributed by atoms with E-state index in [1.807, 2.05) is 24.3 Å². The van der Waals surface area contributed by atoms with E-state index in [0.717, 1.165) is 34.6 Å². The first-order chi connectivity index (χ1) is 9.24. The van der Waals surface area contributed by atoms with E-state index < -0.39 is 0 Å².